The summed E-state index contributed by atoms with van der Waals surface area (Å²) in [4.78, 5) is 0. The van der Waals surface area contributed by atoms with Gasteiger partial charge in [0.15, 0.2) is 0 Å². The Morgan fingerprint density at radius 1 is 1.11 bits per heavy atom. The van der Waals surface area contributed by atoms with E-state index in [4.69, 9.17) is 4.74 Å². The summed E-state index contributed by atoms with van der Waals surface area (Å²) >= 11 is 3.47. The predicted molar refractivity (Wildman–Crippen MR) is 76.2 cm³/mol. The van der Waals surface area contributed by atoms with E-state index in [2.05, 4.69) is 15.9 Å². The minimum atomic E-state index is 0.274. The van der Waals surface area contributed by atoms with Gasteiger partial charge in [0, 0.05) is 10.9 Å². The molecule has 0 heterocycles. The zero-order valence-electron chi connectivity index (χ0n) is 10.2. The molecule has 3 heteroatoms. The average Bonchev–Trinajstić information content (AvgIpc) is 2.39. The number of aromatic hydroxyl groups is 1. The number of para-hydroxylation sites is 1. The molecular weight excluding hydrogens is 292 g/mol. The molecule has 1 N–H and O–H groups in total. The summed E-state index contributed by atoms with van der Waals surface area (Å²) in [5.74, 6) is 1.21. The molecule has 2 aromatic rings. The van der Waals surface area contributed by atoms with Crippen LogP contribution in [0.5, 0.6) is 11.5 Å². The second kappa shape index (κ2) is 5.91. The quantitative estimate of drug-likeness (QED) is 0.859. The highest BCUT2D eigenvalue weighted by Gasteiger charge is 2.06. The summed E-state index contributed by atoms with van der Waals surface area (Å²) in [5, 5.41) is 10.00. The molecule has 0 aromatic heterocycles. The maximum Gasteiger partial charge on any atom is 0.126 e. The third-order valence-corrected chi connectivity index (χ3v) is 3.36. The Morgan fingerprint density at radius 2 is 1.83 bits per heavy atom. The van der Waals surface area contributed by atoms with Crippen molar-refractivity contribution < 1.29 is 9.84 Å². The lowest BCUT2D eigenvalue weighted by molar-refractivity contribution is 0.301. The summed E-state index contributed by atoms with van der Waals surface area (Å²) in [7, 11) is 0. The van der Waals surface area contributed by atoms with Crippen molar-refractivity contribution >= 4 is 15.9 Å². The van der Waals surface area contributed by atoms with Gasteiger partial charge in [-0.1, -0.05) is 46.3 Å². The highest BCUT2D eigenvalue weighted by atomic mass is 79.9. The van der Waals surface area contributed by atoms with Gasteiger partial charge in [-0.15, -0.1) is 0 Å². The van der Waals surface area contributed by atoms with Crippen LogP contribution < -0.4 is 4.74 Å². The van der Waals surface area contributed by atoms with E-state index < -0.39 is 0 Å². The maximum absolute atomic E-state index is 9.22. The van der Waals surface area contributed by atoms with E-state index in [0.717, 1.165) is 27.8 Å². The maximum atomic E-state index is 9.22. The lowest BCUT2D eigenvalue weighted by Crippen LogP contribution is -1.99. The molecule has 94 valence electrons. The van der Waals surface area contributed by atoms with Gasteiger partial charge in [0.2, 0.25) is 0 Å². The summed E-state index contributed by atoms with van der Waals surface area (Å²) in [6.45, 7) is 2.55. The van der Waals surface area contributed by atoms with Crippen molar-refractivity contribution in [3.05, 3.63) is 59.2 Å². The second-order valence-electron chi connectivity index (χ2n) is 4.15. The fraction of sp³-hybridized carbons (Fsp3) is 0.200. The van der Waals surface area contributed by atoms with Crippen molar-refractivity contribution in [3.8, 4) is 11.5 Å². The van der Waals surface area contributed by atoms with E-state index in [0.29, 0.717) is 6.61 Å². The zero-order valence-corrected chi connectivity index (χ0v) is 11.8. The molecule has 0 saturated carbocycles. The van der Waals surface area contributed by atoms with Gasteiger partial charge >= 0.3 is 0 Å². The van der Waals surface area contributed by atoms with Gasteiger partial charge in [-0.3, -0.25) is 0 Å². The SMILES string of the molecule is Cc1cccc(CBr)c1OCc1ccc(O)cc1. The van der Waals surface area contributed by atoms with E-state index in [-0.39, 0.29) is 5.75 Å². The van der Waals surface area contributed by atoms with Gasteiger partial charge < -0.3 is 9.84 Å². The summed E-state index contributed by atoms with van der Waals surface area (Å²) < 4.78 is 5.87. The molecule has 2 rings (SSSR count). The topological polar surface area (TPSA) is 29.5 Å². The van der Waals surface area contributed by atoms with Crippen LogP contribution in [0, 0.1) is 6.92 Å². The van der Waals surface area contributed by atoms with E-state index in [9.17, 15) is 5.11 Å². The van der Waals surface area contributed by atoms with Crippen molar-refractivity contribution in [3.63, 3.8) is 0 Å². The van der Waals surface area contributed by atoms with Crippen LogP contribution in [0.15, 0.2) is 42.5 Å². The lowest BCUT2D eigenvalue weighted by atomic mass is 10.1. The van der Waals surface area contributed by atoms with Crippen molar-refractivity contribution in [1.82, 2.24) is 0 Å². The number of hydrogen-bond donors (Lipinski definition) is 1. The Kier molecular flexibility index (Phi) is 4.26. The minimum absolute atomic E-state index is 0.274. The largest absolute Gasteiger partial charge is 0.508 e. The monoisotopic (exact) mass is 306 g/mol. The molecule has 0 aliphatic carbocycles. The summed E-state index contributed by atoms with van der Waals surface area (Å²) in [6.07, 6.45) is 0. The molecule has 0 bridgehead atoms. The molecule has 0 atom stereocenters. The van der Waals surface area contributed by atoms with E-state index >= 15 is 0 Å². The Labute approximate surface area is 115 Å². The van der Waals surface area contributed by atoms with Crippen molar-refractivity contribution in [1.29, 1.82) is 0 Å². The van der Waals surface area contributed by atoms with Gasteiger partial charge in [0.25, 0.3) is 0 Å². The van der Waals surface area contributed by atoms with Crippen LogP contribution in [-0.2, 0) is 11.9 Å². The summed E-state index contributed by atoms with van der Waals surface area (Å²) in [5.41, 5.74) is 3.32. The van der Waals surface area contributed by atoms with Crippen molar-refractivity contribution in [2.75, 3.05) is 0 Å². The normalized spacial score (nSPS) is 10.3. The highest BCUT2D eigenvalue weighted by molar-refractivity contribution is 9.08. The Hall–Kier alpha value is -1.48. The minimum Gasteiger partial charge on any atom is -0.508 e. The molecule has 2 nitrogen and oxygen atoms in total. The van der Waals surface area contributed by atoms with Crippen LogP contribution in [0.2, 0.25) is 0 Å². The third kappa shape index (κ3) is 3.05. The number of rotatable bonds is 4. The lowest BCUT2D eigenvalue weighted by Gasteiger charge is -2.13. The number of halogens is 1. The van der Waals surface area contributed by atoms with Gasteiger partial charge in [0.1, 0.15) is 18.1 Å². The number of phenols is 1. The second-order valence-corrected chi connectivity index (χ2v) is 4.71. The molecule has 0 aliphatic rings. The average molecular weight is 307 g/mol. The number of alkyl halides is 1. The van der Waals surface area contributed by atoms with Crippen LogP contribution >= 0.6 is 15.9 Å². The molecule has 2 aromatic carbocycles. The van der Waals surface area contributed by atoms with Crippen LogP contribution in [0.4, 0.5) is 0 Å². The molecule has 0 amide bonds. The highest BCUT2D eigenvalue weighted by Crippen LogP contribution is 2.26. The molecule has 0 spiro atoms. The van der Waals surface area contributed by atoms with Crippen molar-refractivity contribution in [2.24, 2.45) is 0 Å². The van der Waals surface area contributed by atoms with Gasteiger partial charge in [0.05, 0.1) is 0 Å². The first-order valence-corrected chi connectivity index (χ1v) is 6.88. The first-order chi connectivity index (χ1) is 8.70. The van der Waals surface area contributed by atoms with Gasteiger partial charge in [-0.2, -0.15) is 0 Å². The molecule has 0 fully saturated rings. The van der Waals surface area contributed by atoms with Crippen LogP contribution in [-0.4, -0.2) is 5.11 Å². The Balaban J connectivity index is 2.12. The molecule has 18 heavy (non-hydrogen) atoms. The third-order valence-electron chi connectivity index (χ3n) is 2.76. The van der Waals surface area contributed by atoms with Gasteiger partial charge in [-0.25, -0.2) is 0 Å². The number of ether oxygens (including phenoxy) is 1. The fourth-order valence-electron chi connectivity index (χ4n) is 1.77. The number of aryl methyl sites for hydroxylation is 1. The van der Waals surface area contributed by atoms with E-state index in [1.165, 1.54) is 0 Å². The fourth-order valence-corrected chi connectivity index (χ4v) is 2.21. The molecular formula is C15H15BrO2. The molecule has 0 saturated heterocycles. The predicted octanol–water partition coefficient (Wildman–Crippen LogP) is 4.17. The van der Waals surface area contributed by atoms with E-state index in [1.54, 1.807) is 12.1 Å². The van der Waals surface area contributed by atoms with Gasteiger partial charge in [-0.05, 0) is 30.2 Å². The first kappa shape index (κ1) is 13.0. The number of hydrogen-bond acceptors (Lipinski definition) is 2. The zero-order chi connectivity index (χ0) is 13.0. The Morgan fingerprint density at radius 3 is 2.50 bits per heavy atom. The van der Waals surface area contributed by atoms with Crippen LogP contribution in [0.25, 0.3) is 0 Å². The number of benzene rings is 2. The molecule has 0 unspecified atom stereocenters. The number of phenolic OH excluding ortho intramolecular Hbond substituents is 1. The standard InChI is InChI=1S/C15H15BrO2/c1-11-3-2-4-13(9-16)15(11)18-10-12-5-7-14(17)8-6-12/h2-8,17H,9-10H2,1H3. The first-order valence-electron chi connectivity index (χ1n) is 5.76. The molecule has 0 radical (unpaired) electrons. The van der Waals surface area contributed by atoms with Crippen molar-refractivity contribution in [2.45, 2.75) is 18.9 Å². The van der Waals surface area contributed by atoms with Crippen LogP contribution in [0.3, 0.4) is 0 Å². The Bertz CT molecular complexity index is 521. The van der Waals surface area contributed by atoms with E-state index in [1.807, 2.05) is 37.3 Å². The molecule has 0 aliphatic heterocycles. The summed E-state index contributed by atoms with van der Waals surface area (Å²) in [6, 6.07) is 13.2. The van der Waals surface area contributed by atoms with Crippen LogP contribution in [0.1, 0.15) is 16.7 Å². The smallest absolute Gasteiger partial charge is 0.126 e.